The summed E-state index contributed by atoms with van der Waals surface area (Å²) >= 11 is 12.8. The standard InChI is InChI=1S/C26H24Cl2N2O7/c1-35-14-7-8-18(36-2)17(9-14)29-19(31)11-37-26(34)12-3-5-13(6-4-12)30-24(32)20-15-10-16(21(20)25(30)33)23(28)22(15)27/h3-9,15-16,20-23H,10-11H2,1-2H3,(H,29,31)/t15-,16-,20-,21-,22+,23+/m1/s1. The molecule has 5 rings (SSSR count). The van der Waals surface area contributed by atoms with E-state index < -0.39 is 30.3 Å². The first-order chi connectivity index (χ1) is 17.7. The molecular weight excluding hydrogens is 523 g/mol. The number of fused-ring (bicyclic) bond motifs is 5. The molecule has 6 atom stereocenters. The lowest BCUT2D eigenvalue weighted by atomic mass is 9.80. The molecule has 0 unspecified atom stereocenters. The summed E-state index contributed by atoms with van der Waals surface area (Å²) in [7, 11) is 2.96. The molecule has 11 heteroatoms. The van der Waals surface area contributed by atoms with E-state index in [9.17, 15) is 19.2 Å². The van der Waals surface area contributed by atoms with Crippen LogP contribution in [0.2, 0.25) is 0 Å². The van der Waals surface area contributed by atoms with E-state index in [1.54, 1.807) is 18.2 Å². The third-order valence-corrected chi connectivity index (χ3v) is 8.68. The summed E-state index contributed by atoms with van der Waals surface area (Å²) in [6.45, 7) is -0.532. The SMILES string of the molecule is COc1ccc(OC)c(NC(=O)COC(=O)c2ccc(N3C(=O)[C@@H]4[C@H]5C[C@@H]([C@H](Cl)[C@H]5Cl)[C@H]4C3=O)cc2)c1. The fraction of sp³-hybridized carbons (Fsp3) is 0.385. The van der Waals surface area contributed by atoms with Crippen molar-refractivity contribution in [2.75, 3.05) is 31.0 Å². The van der Waals surface area contributed by atoms with Crippen molar-refractivity contribution >= 4 is 58.3 Å². The van der Waals surface area contributed by atoms with Gasteiger partial charge in [-0.25, -0.2) is 4.79 Å². The van der Waals surface area contributed by atoms with Gasteiger partial charge in [-0.3, -0.25) is 19.3 Å². The van der Waals surface area contributed by atoms with Gasteiger partial charge in [0.2, 0.25) is 11.8 Å². The van der Waals surface area contributed by atoms with Crippen molar-refractivity contribution in [1.29, 1.82) is 0 Å². The summed E-state index contributed by atoms with van der Waals surface area (Å²) in [5, 5.41) is 1.96. The average Bonchev–Trinajstić information content (AvgIpc) is 3.52. The second-order valence-corrected chi connectivity index (χ2v) is 10.3. The minimum absolute atomic E-state index is 0.113. The molecule has 3 aliphatic rings. The molecule has 3 fully saturated rings. The lowest BCUT2D eigenvalue weighted by Gasteiger charge is -2.28. The second kappa shape index (κ2) is 9.87. The number of hydrogen-bond donors (Lipinski definition) is 1. The Hall–Kier alpha value is -3.30. The monoisotopic (exact) mass is 546 g/mol. The van der Waals surface area contributed by atoms with E-state index in [-0.39, 0.29) is 40.0 Å². The number of ether oxygens (including phenoxy) is 3. The molecule has 0 spiro atoms. The maximum absolute atomic E-state index is 13.1. The van der Waals surface area contributed by atoms with E-state index in [0.717, 1.165) is 4.90 Å². The highest BCUT2D eigenvalue weighted by Gasteiger charge is 2.66. The molecule has 1 N–H and O–H groups in total. The van der Waals surface area contributed by atoms with E-state index >= 15 is 0 Å². The normalized spacial score (nSPS) is 27.7. The number of anilines is 2. The molecule has 1 aliphatic heterocycles. The van der Waals surface area contributed by atoms with Gasteiger partial charge in [0.25, 0.3) is 5.91 Å². The first-order valence-corrected chi connectivity index (χ1v) is 12.6. The van der Waals surface area contributed by atoms with Crippen LogP contribution in [0.5, 0.6) is 11.5 Å². The number of alkyl halides is 2. The molecule has 194 valence electrons. The first-order valence-electron chi connectivity index (χ1n) is 11.7. The molecule has 1 heterocycles. The number of nitrogens with one attached hydrogen (secondary N) is 1. The Balaban J connectivity index is 1.21. The highest BCUT2D eigenvalue weighted by Crippen LogP contribution is 2.59. The van der Waals surface area contributed by atoms with Crippen LogP contribution >= 0.6 is 23.2 Å². The number of carbonyl (C=O) groups is 4. The largest absolute Gasteiger partial charge is 0.497 e. The zero-order valence-corrected chi connectivity index (χ0v) is 21.5. The van der Waals surface area contributed by atoms with Crippen molar-refractivity contribution < 1.29 is 33.4 Å². The summed E-state index contributed by atoms with van der Waals surface area (Å²) in [5.41, 5.74) is 0.892. The van der Waals surface area contributed by atoms with Crippen LogP contribution in [0.15, 0.2) is 42.5 Å². The van der Waals surface area contributed by atoms with Gasteiger partial charge in [-0.05, 0) is 54.7 Å². The molecule has 37 heavy (non-hydrogen) atoms. The topological polar surface area (TPSA) is 111 Å². The van der Waals surface area contributed by atoms with E-state index in [1.807, 2.05) is 0 Å². The van der Waals surface area contributed by atoms with Crippen LogP contribution in [0.1, 0.15) is 16.8 Å². The third-order valence-electron chi connectivity index (χ3n) is 7.36. The fourth-order valence-electron chi connectivity index (χ4n) is 5.66. The van der Waals surface area contributed by atoms with Crippen molar-refractivity contribution in [1.82, 2.24) is 0 Å². The van der Waals surface area contributed by atoms with Crippen molar-refractivity contribution in [3.8, 4) is 11.5 Å². The zero-order valence-electron chi connectivity index (χ0n) is 20.0. The number of methoxy groups -OCH3 is 2. The quantitative estimate of drug-likeness (QED) is 0.321. The number of nitrogens with zero attached hydrogens (tertiary/aromatic N) is 1. The fourth-order valence-corrected chi connectivity index (χ4v) is 6.56. The van der Waals surface area contributed by atoms with Crippen LogP contribution < -0.4 is 19.7 Å². The maximum Gasteiger partial charge on any atom is 0.338 e. The van der Waals surface area contributed by atoms with Gasteiger partial charge < -0.3 is 19.5 Å². The van der Waals surface area contributed by atoms with Crippen LogP contribution in [0, 0.1) is 23.7 Å². The summed E-state index contributed by atoms with van der Waals surface area (Å²) in [5.74, 6) is -2.07. The smallest absolute Gasteiger partial charge is 0.338 e. The number of hydrogen-bond acceptors (Lipinski definition) is 7. The van der Waals surface area contributed by atoms with Gasteiger partial charge in [0, 0.05) is 6.07 Å². The average molecular weight is 547 g/mol. The molecule has 0 radical (unpaired) electrons. The van der Waals surface area contributed by atoms with Crippen molar-refractivity contribution in [3.63, 3.8) is 0 Å². The number of imide groups is 1. The zero-order chi connectivity index (χ0) is 26.4. The van der Waals surface area contributed by atoms with Gasteiger partial charge in [-0.2, -0.15) is 0 Å². The predicted octanol–water partition coefficient (Wildman–Crippen LogP) is 3.47. The molecule has 3 amide bonds. The van der Waals surface area contributed by atoms with Gasteiger partial charge in [-0.15, -0.1) is 23.2 Å². The Morgan fingerprint density at radius 1 is 0.946 bits per heavy atom. The van der Waals surface area contributed by atoms with E-state index in [0.29, 0.717) is 29.3 Å². The van der Waals surface area contributed by atoms with E-state index in [4.69, 9.17) is 37.4 Å². The van der Waals surface area contributed by atoms with Crippen LogP contribution in [0.25, 0.3) is 0 Å². The molecule has 2 aliphatic carbocycles. The second-order valence-electron chi connectivity index (χ2n) is 9.25. The van der Waals surface area contributed by atoms with Crippen LogP contribution in [0.4, 0.5) is 11.4 Å². The molecule has 2 aromatic carbocycles. The Morgan fingerprint density at radius 2 is 1.57 bits per heavy atom. The van der Waals surface area contributed by atoms with Crippen molar-refractivity contribution in [2.24, 2.45) is 23.7 Å². The number of benzene rings is 2. The molecule has 2 bridgehead atoms. The highest BCUT2D eigenvalue weighted by atomic mass is 35.5. The Bertz CT molecular complexity index is 1240. The molecule has 2 saturated carbocycles. The summed E-state index contributed by atoms with van der Waals surface area (Å²) in [4.78, 5) is 52.2. The minimum atomic E-state index is -0.733. The van der Waals surface area contributed by atoms with E-state index in [2.05, 4.69) is 5.32 Å². The number of carbonyl (C=O) groups excluding carboxylic acids is 4. The third kappa shape index (κ3) is 4.30. The Morgan fingerprint density at radius 3 is 2.14 bits per heavy atom. The molecule has 0 aromatic heterocycles. The predicted molar refractivity (Wildman–Crippen MR) is 135 cm³/mol. The number of esters is 1. The first kappa shape index (κ1) is 25.4. The lowest BCUT2D eigenvalue weighted by molar-refractivity contribution is -0.123. The summed E-state index contributed by atoms with van der Waals surface area (Å²) < 4.78 is 15.5. The number of halogens is 2. The molecule has 9 nitrogen and oxygen atoms in total. The van der Waals surface area contributed by atoms with Crippen molar-refractivity contribution in [3.05, 3.63) is 48.0 Å². The summed E-state index contributed by atoms with van der Waals surface area (Å²) in [6.07, 6.45) is 0.686. The number of rotatable bonds is 7. The van der Waals surface area contributed by atoms with Gasteiger partial charge >= 0.3 is 5.97 Å². The lowest BCUT2D eigenvalue weighted by Crippen LogP contribution is -2.37. The van der Waals surface area contributed by atoms with Crippen LogP contribution in [-0.2, 0) is 19.1 Å². The van der Waals surface area contributed by atoms with Gasteiger partial charge in [0.05, 0.1) is 53.7 Å². The molecule has 1 saturated heterocycles. The van der Waals surface area contributed by atoms with Gasteiger partial charge in [0.1, 0.15) is 11.5 Å². The van der Waals surface area contributed by atoms with E-state index in [1.165, 1.54) is 38.5 Å². The van der Waals surface area contributed by atoms with Crippen LogP contribution in [0.3, 0.4) is 0 Å². The Kier molecular flexibility index (Phi) is 6.76. The van der Waals surface area contributed by atoms with Crippen LogP contribution in [-0.4, -0.2) is 55.3 Å². The molecular formula is C26H24Cl2N2O7. The van der Waals surface area contributed by atoms with Gasteiger partial charge in [0.15, 0.2) is 6.61 Å². The maximum atomic E-state index is 13.1. The summed E-state index contributed by atoms with van der Waals surface area (Å²) in [6, 6.07) is 10.8. The Labute approximate surface area is 222 Å². The molecule has 2 aromatic rings. The number of amides is 3. The van der Waals surface area contributed by atoms with Gasteiger partial charge in [-0.1, -0.05) is 0 Å². The minimum Gasteiger partial charge on any atom is -0.497 e. The van der Waals surface area contributed by atoms with Crippen molar-refractivity contribution in [2.45, 2.75) is 17.2 Å². The highest BCUT2D eigenvalue weighted by molar-refractivity contribution is 6.32.